The number of hydrogen-bond donors (Lipinski definition) is 10. The predicted octanol–water partition coefficient (Wildman–Crippen LogP) is 16.8. The summed E-state index contributed by atoms with van der Waals surface area (Å²) in [5.41, 5.74) is 0. The van der Waals surface area contributed by atoms with Gasteiger partial charge in [-0.15, -0.1) is 0 Å². The maximum Gasteiger partial charge on any atom is 0.472 e. The van der Waals surface area contributed by atoms with Gasteiger partial charge in [-0.25, -0.2) is 4.57 Å². The highest BCUT2D eigenvalue weighted by molar-refractivity contribution is 7.47. The molecule has 2 aliphatic heterocycles. The highest BCUT2D eigenvalue weighted by Crippen LogP contribution is 2.49. The van der Waals surface area contributed by atoms with E-state index in [2.05, 4.69) is 39.8 Å². The summed E-state index contributed by atoms with van der Waals surface area (Å²) in [5.74, 6) is -2.97. The number of aliphatic hydroxyl groups excluding tert-OH is 9. The third-order valence-corrected chi connectivity index (χ3v) is 23.8. The highest BCUT2D eigenvalue weighted by atomic mass is 31.2. The van der Waals surface area contributed by atoms with Crippen LogP contribution in [0.1, 0.15) is 400 Å². The lowest BCUT2D eigenvalue weighted by Gasteiger charge is -2.50. The van der Waals surface area contributed by atoms with E-state index in [4.69, 9.17) is 46.9 Å². The quantitative estimate of drug-likeness (QED) is 0.00889. The van der Waals surface area contributed by atoms with Gasteiger partial charge in [-0.2, -0.15) is 0 Å². The smallest absolute Gasteiger partial charge is 0.463 e. The van der Waals surface area contributed by atoms with Gasteiger partial charge in [0.05, 0.1) is 13.2 Å². The Morgan fingerprint density at radius 2 is 0.652 bits per heavy atom. The van der Waals surface area contributed by atoms with E-state index in [1.54, 1.807) is 0 Å². The third-order valence-electron chi connectivity index (χ3n) is 22.8. The molecular weight excluding hydrogens is 1500 g/mol. The molecule has 26 heteroatoms. The first kappa shape index (κ1) is 106. The molecule has 2 heterocycles. The number of allylic oxidation sites excluding steroid dienone is 2. The van der Waals surface area contributed by atoms with Crippen molar-refractivity contribution in [1.82, 2.24) is 0 Å². The zero-order chi connectivity index (χ0) is 84.0. The van der Waals surface area contributed by atoms with Crippen LogP contribution < -0.4 is 0 Å². The number of hydrogen-bond acceptors (Lipinski definition) is 24. The molecule has 0 bridgehead atoms. The summed E-state index contributed by atoms with van der Waals surface area (Å²) in [7, 11) is -5.80. The largest absolute Gasteiger partial charge is 0.472 e. The zero-order valence-corrected chi connectivity index (χ0v) is 72.7. The fourth-order valence-electron chi connectivity index (χ4n) is 15.4. The van der Waals surface area contributed by atoms with Gasteiger partial charge in [0.15, 0.2) is 24.8 Å². The van der Waals surface area contributed by atoms with Gasteiger partial charge >= 0.3 is 31.7 Å². The molecule has 10 N–H and O–H groups in total. The topological polar surface area (TPSA) is 380 Å². The number of carbonyl (C=O) groups excluding carboxylic acids is 4. The lowest BCUT2D eigenvalue weighted by molar-refractivity contribution is -0.360. The van der Waals surface area contributed by atoms with Crippen LogP contribution in [0.15, 0.2) is 12.2 Å². The standard InChI is InChI=1S/C89H165O25P/c1-5-9-13-17-21-25-29-33-35-39-42-46-50-54-58-62-73(92)106-68-71-77(96)79(98)83(102)89(110-71)113-86-84(111-75(94)64-60-56-52-48-44-40-36-34-30-26-22-18-14-10-6-2)80(99)81(100)85(112-88-82(101)78(97)76(95)70(65-90)109-88)87(86)114-115(103,104)107-67-69(108-74(93)63-59-55-51-47-43-38-32-28-24-20-16-12-8-4)66-105-72(91)61-57-53-49-45-41-37-31-27-23-19-15-11-7-3/h37,41,69-71,76-90,95-102H,5-36,38-40,42-68H2,1-4H3,(H,103,104)/b41-37-. The van der Waals surface area contributed by atoms with Crippen molar-refractivity contribution in [2.24, 2.45) is 0 Å². The van der Waals surface area contributed by atoms with E-state index >= 15 is 0 Å². The second kappa shape index (κ2) is 68.7. The van der Waals surface area contributed by atoms with E-state index in [0.29, 0.717) is 32.1 Å². The summed E-state index contributed by atoms with van der Waals surface area (Å²) in [4.78, 5) is 66.3. The molecule has 0 aromatic carbocycles. The van der Waals surface area contributed by atoms with Gasteiger partial charge in [-0.1, -0.05) is 335 Å². The van der Waals surface area contributed by atoms with Crippen molar-refractivity contribution in [3.05, 3.63) is 12.2 Å². The first-order valence-electron chi connectivity index (χ1n) is 46.4. The first-order valence-corrected chi connectivity index (χ1v) is 47.9. The normalized spacial score (nSPS) is 25.3. The SMILES string of the molecule is CCCCCCCC/C=C\CCCCCC(=O)OCC(COP(=O)(O)OC1C(OC2OC(CO)C(O)C(O)C2O)C(O)C(O)C(OC(=O)CCCCCCCCCCCCCCCCC)C1OC1OC(COC(=O)CCCCCCCCCCCCCCCCC)C(O)C(O)C1O)OC(=O)CCCCCCCCCCCCCCC. The molecule has 676 valence electrons. The van der Waals surface area contributed by atoms with Gasteiger partial charge in [0.1, 0.15) is 92.6 Å². The summed E-state index contributed by atoms with van der Waals surface area (Å²) >= 11 is 0. The van der Waals surface area contributed by atoms with Gasteiger partial charge in [-0.05, 0) is 51.4 Å². The number of unbranched alkanes of at least 4 members (excludes halogenated alkanes) is 49. The molecule has 3 rings (SSSR count). The molecule has 2 saturated heterocycles. The summed E-state index contributed by atoms with van der Waals surface area (Å²) in [6.45, 7) is 5.58. The minimum Gasteiger partial charge on any atom is -0.463 e. The van der Waals surface area contributed by atoms with Crippen molar-refractivity contribution in [1.29, 1.82) is 0 Å². The van der Waals surface area contributed by atoms with Crippen LogP contribution >= 0.6 is 7.82 Å². The van der Waals surface area contributed by atoms with Crippen molar-refractivity contribution >= 4 is 31.7 Å². The maximum absolute atomic E-state index is 14.9. The van der Waals surface area contributed by atoms with E-state index in [-0.39, 0.29) is 25.7 Å². The number of esters is 4. The summed E-state index contributed by atoms with van der Waals surface area (Å²) in [6, 6.07) is 0. The van der Waals surface area contributed by atoms with Crippen molar-refractivity contribution in [2.45, 2.75) is 504 Å². The Morgan fingerprint density at radius 3 is 1.04 bits per heavy atom. The van der Waals surface area contributed by atoms with E-state index < -0.39 is 162 Å². The molecule has 0 amide bonds. The molecule has 18 unspecified atom stereocenters. The molecule has 18 atom stereocenters. The number of aliphatic hydroxyl groups is 9. The van der Waals surface area contributed by atoms with Crippen molar-refractivity contribution < 1.29 is 122 Å². The lowest BCUT2D eigenvalue weighted by atomic mass is 9.84. The van der Waals surface area contributed by atoms with Crippen LogP contribution in [-0.2, 0) is 70.7 Å². The number of carbonyl (C=O) groups is 4. The monoisotopic (exact) mass is 1670 g/mol. The van der Waals surface area contributed by atoms with Gasteiger partial charge in [0.25, 0.3) is 0 Å². The second-order valence-electron chi connectivity index (χ2n) is 33.2. The van der Waals surface area contributed by atoms with Crippen LogP contribution in [0.3, 0.4) is 0 Å². The number of rotatable bonds is 75. The molecule has 3 aliphatic rings. The van der Waals surface area contributed by atoms with Crippen LogP contribution in [0.5, 0.6) is 0 Å². The number of phosphoric ester groups is 1. The fraction of sp³-hybridized carbons (Fsp3) is 0.933. The molecule has 0 aromatic heterocycles. The van der Waals surface area contributed by atoms with Crippen molar-refractivity contribution in [2.75, 3.05) is 26.4 Å². The van der Waals surface area contributed by atoms with Gasteiger partial charge in [0, 0.05) is 25.7 Å². The molecule has 25 nitrogen and oxygen atoms in total. The Hall–Kier alpha value is -2.79. The summed E-state index contributed by atoms with van der Waals surface area (Å²) < 4.78 is 73.3. The Bertz CT molecular complexity index is 2440. The Kier molecular flexibility index (Phi) is 63.6. The Labute approximate surface area is 692 Å². The lowest BCUT2D eigenvalue weighted by Crippen LogP contribution is -2.70. The second-order valence-corrected chi connectivity index (χ2v) is 34.6. The van der Waals surface area contributed by atoms with Crippen LogP contribution in [0.25, 0.3) is 0 Å². The molecule has 1 aliphatic carbocycles. The molecule has 0 aromatic rings. The van der Waals surface area contributed by atoms with E-state index in [1.165, 1.54) is 186 Å². The van der Waals surface area contributed by atoms with Crippen molar-refractivity contribution in [3.8, 4) is 0 Å². The van der Waals surface area contributed by atoms with Crippen LogP contribution in [0.2, 0.25) is 0 Å². The van der Waals surface area contributed by atoms with Gasteiger partial charge in [0.2, 0.25) is 0 Å². The van der Waals surface area contributed by atoms with E-state index in [0.717, 1.165) is 128 Å². The zero-order valence-electron chi connectivity index (χ0n) is 71.9. The first-order chi connectivity index (χ1) is 55.7. The minimum absolute atomic E-state index is 0.0166. The molecule has 0 spiro atoms. The molecule has 115 heavy (non-hydrogen) atoms. The Morgan fingerprint density at radius 1 is 0.339 bits per heavy atom. The third kappa shape index (κ3) is 49.2. The summed E-state index contributed by atoms with van der Waals surface area (Å²) in [6.07, 6.45) is 26.4. The average molecular weight is 1670 g/mol. The molecule has 1 saturated carbocycles. The van der Waals surface area contributed by atoms with Crippen LogP contribution in [-0.4, -0.2) is 205 Å². The summed E-state index contributed by atoms with van der Waals surface area (Å²) in [5, 5.41) is 102. The van der Waals surface area contributed by atoms with Crippen molar-refractivity contribution in [3.63, 3.8) is 0 Å². The Balaban J connectivity index is 1.92. The maximum atomic E-state index is 14.9. The predicted molar refractivity (Wildman–Crippen MR) is 444 cm³/mol. The van der Waals surface area contributed by atoms with Gasteiger partial charge < -0.3 is 88.7 Å². The molecule has 3 fully saturated rings. The van der Waals surface area contributed by atoms with Crippen LogP contribution in [0, 0.1) is 0 Å². The highest BCUT2D eigenvalue weighted by Gasteiger charge is 2.60. The fourth-order valence-corrected chi connectivity index (χ4v) is 16.3. The molecule has 0 radical (unpaired) electrons. The van der Waals surface area contributed by atoms with E-state index in [1.807, 2.05) is 0 Å². The minimum atomic E-state index is -5.80. The molecular formula is C89H165O25P. The average Bonchev–Trinajstić information content (AvgIpc) is 0.755. The number of ether oxygens (including phenoxy) is 8. The van der Waals surface area contributed by atoms with E-state index in [9.17, 15) is 74.6 Å². The van der Waals surface area contributed by atoms with Gasteiger partial charge in [-0.3, -0.25) is 28.2 Å². The number of phosphoric acid groups is 1. The van der Waals surface area contributed by atoms with Crippen LogP contribution in [0.4, 0.5) is 0 Å².